The zero-order chi connectivity index (χ0) is 16.8. The highest BCUT2D eigenvalue weighted by Crippen LogP contribution is 2.64. The van der Waals surface area contributed by atoms with Crippen LogP contribution in [0.1, 0.15) is 30.9 Å². The maximum Gasteiger partial charge on any atom is 0.228 e. The van der Waals surface area contributed by atoms with Crippen molar-refractivity contribution in [2.45, 2.75) is 26.7 Å². The first-order chi connectivity index (χ1) is 10.8. The third-order valence-electron chi connectivity index (χ3n) is 4.70. The van der Waals surface area contributed by atoms with Crippen molar-refractivity contribution in [3.8, 4) is 0 Å². The summed E-state index contributed by atoms with van der Waals surface area (Å²) in [5, 5.41) is 2.70. The Kier molecular flexibility index (Phi) is 3.71. The van der Waals surface area contributed by atoms with E-state index in [-0.39, 0.29) is 28.8 Å². The van der Waals surface area contributed by atoms with Gasteiger partial charge in [0.1, 0.15) is 0 Å². The fraction of sp³-hybridized carbons (Fsp3) is 0.316. The monoisotopic (exact) mass is 315 g/mol. The minimum atomic E-state index is -0.965. The molecule has 2 aromatic carbocycles. The summed E-state index contributed by atoms with van der Waals surface area (Å²) in [6.45, 7) is 6.13. The van der Waals surface area contributed by atoms with E-state index in [2.05, 4.69) is 25.2 Å². The number of hydrogen-bond donors (Lipinski definition) is 1. The summed E-state index contributed by atoms with van der Waals surface area (Å²) in [6, 6.07) is 11.5. The molecule has 2 aromatic rings. The first-order valence-corrected chi connectivity index (χ1v) is 7.63. The number of carbonyl (C=O) groups excluding carboxylic acids is 1. The Morgan fingerprint density at radius 1 is 1.09 bits per heavy atom. The Hall–Kier alpha value is -2.23. The van der Waals surface area contributed by atoms with E-state index >= 15 is 0 Å². The maximum atomic E-state index is 13.3. The smallest absolute Gasteiger partial charge is 0.228 e. The molecule has 0 radical (unpaired) electrons. The van der Waals surface area contributed by atoms with Crippen molar-refractivity contribution in [1.29, 1.82) is 0 Å². The first kappa shape index (κ1) is 15.7. The molecule has 4 heteroatoms. The van der Waals surface area contributed by atoms with Crippen molar-refractivity contribution in [3.63, 3.8) is 0 Å². The van der Waals surface area contributed by atoms with Crippen LogP contribution in [0.3, 0.4) is 0 Å². The van der Waals surface area contributed by atoms with Crippen LogP contribution in [0.2, 0.25) is 0 Å². The fourth-order valence-electron chi connectivity index (χ4n) is 3.41. The summed E-state index contributed by atoms with van der Waals surface area (Å²) >= 11 is 0. The SMILES string of the molecule is Cc1cccc(C2C(C(=O)Nc3ccc(F)c(F)c3)C2(C)C)c1. The van der Waals surface area contributed by atoms with Gasteiger partial charge in [-0.05, 0) is 30.0 Å². The van der Waals surface area contributed by atoms with Gasteiger partial charge >= 0.3 is 0 Å². The van der Waals surface area contributed by atoms with Crippen LogP contribution in [0.15, 0.2) is 42.5 Å². The Morgan fingerprint density at radius 3 is 2.48 bits per heavy atom. The number of hydrogen-bond acceptors (Lipinski definition) is 1. The number of anilines is 1. The van der Waals surface area contributed by atoms with Crippen LogP contribution in [0, 0.1) is 29.9 Å². The molecule has 1 N–H and O–H groups in total. The molecular weight excluding hydrogens is 296 g/mol. The second-order valence-corrected chi connectivity index (χ2v) is 6.81. The zero-order valence-electron chi connectivity index (χ0n) is 13.4. The Morgan fingerprint density at radius 2 is 1.83 bits per heavy atom. The third kappa shape index (κ3) is 2.85. The first-order valence-electron chi connectivity index (χ1n) is 7.63. The summed E-state index contributed by atoms with van der Waals surface area (Å²) in [6.07, 6.45) is 0. The number of carbonyl (C=O) groups is 1. The molecule has 2 atom stereocenters. The molecule has 1 saturated carbocycles. The van der Waals surface area contributed by atoms with Gasteiger partial charge < -0.3 is 5.32 Å². The number of aryl methyl sites for hydroxylation is 1. The lowest BCUT2D eigenvalue weighted by Gasteiger charge is -2.06. The van der Waals surface area contributed by atoms with E-state index in [1.54, 1.807) is 0 Å². The largest absolute Gasteiger partial charge is 0.326 e. The van der Waals surface area contributed by atoms with Gasteiger partial charge in [0, 0.05) is 17.7 Å². The van der Waals surface area contributed by atoms with Gasteiger partial charge in [-0.15, -0.1) is 0 Å². The number of benzene rings is 2. The van der Waals surface area contributed by atoms with Crippen molar-refractivity contribution >= 4 is 11.6 Å². The predicted octanol–water partition coefficient (Wildman–Crippen LogP) is 4.65. The minimum absolute atomic E-state index is 0.132. The molecule has 0 heterocycles. The Balaban J connectivity index is 1.78. The second kappa shape index (κ2) is 5.44. The molecule has 0 bridgehead atoms. The molecule has 120 valence electrons. The zero-order valence-corrected chi connectivity index (χ0v) is 13.4. The summed E-state index contributed by atoms with van der Waals surface area (Å²) < 4.78 is 26.2. The highest BCUT2D eigenvalue weighted by atomic mass is 19.2. The second-order valence-electron chi connectivity index (χ2n) is 6.81. The van der Waals surface area contributed by atoms with E-state index < -0.39 is 11.6 Å². The minimum Gasteiger partial charge on any atom is -0.326 e. The van der Waals surface area contributed by atoms with Crippen LogP contribution < -0.4 is 5.32 Å². The Labute approximate surface area is 134 Å². The van der Waals surface area contributed by atoms with Crippen LogP contribution in [-0.2, 0) is 4.79 Å². The van der Waals surface area contributed by atoms with Crippen LogP contribution in [0.4, 0.5) is 14.5 Å². The molecule has 0 aromatic heterocycles. The molecule has 1 aliphatic carbocycles. The van der Waals surface area contributed by atoms with Crippen molar-refractivity contribution in [3.05, 3.63) is 65.2 Å². The Bertz CT molecular complexity index is 770. The average molecular weight is 315 g/mol. The molecule has 2 nitrogen and oxygen atoms in total. The van der Waals surface area contributed by atoms with Crippen LogP contribution in [0.25, 0.3) is 0 Å². The number of rotatable bonds is 3. The van der Waals surface area contributed by atoms with Gasteiger partial charge in [0.2, 0.25) is 5.91 Å². The highest BCUT2D eigenvalue weighted by Gasteiger charge is 2.62. The van der Waals surface area contributed by atoms with E-state index in [1.807, 2.05) is 25.1 Å². The molecule has 0 saturated heterocycles. The molecule has 0 spiro atoms. The van der Waals surface area contributed by atoms with Gasteiger partial charge in [0.25, 0.3) is 0 Å². The lowest BCUT2D eigenvalue weighted by Crippen LogP contribution is -2.17. The molecular formula is C19H19F2NO. The molecule has 3 rings (SSSR count). The van der Waals surface area contributed by atoms with Gasteiger partial charge in [-0.2, -0.15) is 0 Å². The quantitative estimate of drug-likeness (QED) is 0.877. The van der Waals surface area contributed by atoms with E-state index in [1.165, 1.54) is 6.07 Å². The van der Waals surface area contributed by atoms with E-state index in [0.29, 0.717) is 0 Å². The maximum absolute atomic E-state index is 13.3. The molecule has 1 aliphatic rings. The average Bonchev–Trinajstić information content (AvgIpc) is 3.06. The summed E-state index contributed by atoms with van der Waals surface area (Å²) in [4.78, 5) is 12.5. The van der Waals surface area contributed by atoms with Crippen molar-refractivity contribution in [2.75, 3.05) is 5.32 Å². The lowest BCUT2D eigenvalue weighted by atomic mass is 10.0. The number of halogens is 2. The lowest BCUT2D eigenvalue weighted by molar-refractivity contribution is -0.118. The van der Waals surface area contributed by atoms with Crippen LogP contribution in [-0.4, -0.2) is 5.91 Å². The normalized spacial score (nSPS) is 21.8. The molecule has 1 amide bonds. The van der Waals surface area contributed by atoms with Gasteiger partial charge in [0.05, 0.1) is 5.92 Å². The standard InChI is InChI=1S/C19H19F2NO/c1-11-5-4-6-12(9-11)16-17(19(16,2)3)18(23)22-13-7-8-14(20)15(21)10-13/h4-10,16-17H,1-3H3,(H,22,23). The van der Waals surface area contributed by atoms with E-state index in [9.17, 15) is 13.6 Å². The predicted molar refractivity (Wildman–Crippen MR) is 86.2 cm³/mol. The topological polar surface area (TPSA) is 29.1 Å². The summed E-state index contributed by atoms with van der Waals surface area (Å²) in [7, 11) is 0. The summed E-state index contributed by atoms with van der Waals surface area (Å²) in [5.74, 6) is -2.10. The molecule has 23 heavy (non-hydrogen) atoms. The number of nitrogens with one attached hydrogen (secondary N) is 1. The van der Waals surface area contributed by atoms with E-state index in [4.69, 9.17) is 0 Å². The molecule has 0 aliphatic heterocycles. The van der Waals surface area contributed by atoms with Gasteiger partial charge in [-0.1, -0.05) is 43.7 Å². The summed E-state index contributed by atoms with van der Waals surface area (Å²) in [5.41, 5.74) is 2.42. The van der Waals surface area contributed by atoms with E-state index in [0.717, 1.165) is 23.3 Å². The molecule has 1 fully saturated rings. The highest BCUT2D eigenvalue weighted by molar-refractivity contribution is 5.96. The van der Waals surface area contributed by atoms with Gasteiger partial charge in [0.15, 0.2) is 11.6 Å². The van der Waals surface area contributed by atoms with Crippen molar-refractivity contribution in [1.82, 2.24) is 0 Å². The fourth-order valence-corrected chi connectivity index (χ4v) is 3.41. The van der Waals surface area contributed by atoms with Gasteiger partial charge in [-0.3, -0.25) is 4.79 Å². The molecule has 2 unspecified atom stereocenters. The van der Waals surface area contributed by atoms with Crippen molar-refractivity contribution in [2.24, 2.45) is 11.3 Å². The third-order valence-corrected chi connectivity index (χ3v) is 4.70. The van der Waals surface area contributed by atoms with Gasteiger partial charge in [-0.25, -0.2) is 8.78 Å². The van der Waals surface area contributed by atoms with Crippen LogP contribution >= 0.6 is 0 Å². The number of amides is 1. The van der Waals surface area contributed by atoms with Crippen molar-refractivity contribution < 1.29 is 13.6 Å². The van der Waals surface area contributed by atoms with Crippen LogP contribution in [0.5, 0.6) is 0 Å².